The van der Waals surface area contributed by atoms with Gasteiger partial charge in [0.15, 0.2) is 0 Å². The predicted octanol–water partition coefficient (Wildman–Crippen LogP) is 4.66. The van der Waals surface area contributed by atoms with Gasteiger partial charge in [0.05, 0.1) is 6.61 Å². The maximum absolute atomic E-state index is 12.0. The Kier molecular flexibility index (Phi) is 6.76. The van der Waals surface area contributed by atoms with Crippen LogP contribution in [0.5, 0.6) is 5.75 Å². The summed E-state index contributed by atoms with van der Waals surface area (Å²) in [5.74, 6) is 0.810. The van der Waals surface area contributed by atoms with Gasteiger partial charge in [0.1, 0.15) is 5.75 Å². The van der Waals surface area contributed by atoms with E-state index in [9.17, 15) is 4.79 Å². The number of halogens is 1. The summed E-state index contributed by atoms with van der Waals surface area (Å²) in [6.07, 6.45) is 1.76. The Morgan fingerprint density at radius 3 is 2.48 bits per heavy atom. The highest BCUT2D eigenvalue weighted by molar-refractivity contribution is 6.30. The molecule has 0 aromatic heterocycles. The van der Waals surface area contributed by atoms with Gasteiger partial charge < -0.3 is 15.0 Å². The number of nitrogens with zero attached hydrogens (tertiary/aromatic N) is 1. The molecule has 2 amide bonds. The maximum atomic E-state index is 12.0. The summed E-state index contributed by atoms with van der Waals surface area (Å²) in [5, 5.41) is 3.55. The lowest BCUT2D eigenvalue weighted by molar-refractivity contribution is 0.219. The first kappa shape index (κ1) is 17.2. The van der Waals surface area contributed by atoms with E-state index in [-0.39, 0.29) is 6.03 Å². The number of ether oxygens (including phenoxy) is 1. The molecule has 1 N–H and O–H groups in total. The Bertz CT molecular complexity index is 602. The van der Waals surface area contributed by atoms with Crippen LogP contribution in [0.25, 0.3) is 0 Å². The van der Waals surface area contributed by atoms with Crippen molar-refractivity contribution in [3.63, 3.8) is 0 Å². The van der Waals surface area contributed by atoms with Crippen LogP contribution in [0.15, 0.2) is 54.6 Å². The van der Waals surface area contributed by atoms with Crippen molar-refractivity contribution in [2.24, 2.45) is 0 Å². The Balaban J connectivity index is 1.61. The zero-order valence-corrected chi connectivity index (χ0v) is 13.9. The van der Waals surface area contributed by atoms with Gasteiger partial charge >= 0.3 is 6.03 Å². The molecule has 0 saturated heterocycles. The number of benzene rings is 2. The third-order valence-electron chi connectivity index (χ3n) is 3.34. The Morgan fingerprint density at radius 2 is 1.78 bits per heavy atom. The van der Waals surface area contributed by atoms with Crippen LogP contribution in [0, 0.1) is 0 Å². The molecule has 0 atom stereocenters. The Labute approximate surface area is 142 Å². The van der Waals surface area contributed by atoms with E-state index < -0.39 is 0 Å². The Morgan fingerprint density at radius 1 is 1.09 bits per heavy atom. The molecule has 0 saturated carbocycles. The van der Waals surface area contributed by atoms with Crippen molar-refractivity contribution in [3.05, 3.63) is 59.6 Å². The zero-order valence-electron chi connectivity index (χ0n) is 13.2. The minimum Gasteiger partial charge on any atom is -0.494 e. The highest BCUT2D eigenvalue weighted by Gasteiger charge is 2.07. The molecule has 2 aromatic rings. The number of urea groups is 1. The highest BCUT2D eigenvalue weighted by Crippen LogP contribution is 2.15. The topological polar surface area (TPSA) is 41.6 Å². The lowest BCUT2D eigenvalue weighted by atomic mass is 10.3. The van der Waals surface area contributed by atoms with E-state index in [4.69, 9.17) is 16.3 Å². The molecule has 122 valence electrons. The number of unbranched alkanes of at least 4 members (excludes halogenated alkanes) is 1. The van der Waals surface area contributed by atoms with Crippen molar-refractivity contribution in [1.82, 2.24) is 4.90 Å². The van der Waals surface area contributed by atoms with Crippen molar-refractivity contribution in [2.45, 2.75) is 12.8 Å². The van der Waals surface area contributed by atoms with E-state index in [1.54, 1.807) is 24.1 Å². The molecule has 0 bridgehead atoms. The van der Waals surface area contributed by atoms with Gasteiger partial charge in [-0.05, 0) is 49.2 Å². The molecule has 0 fully saturated rings. The molecule has 0 aliphatic carbocycles. The van der Waals surface area contributed by atoms with Crippen molar-refractivity contribution >= 4 is 23.3 Å². The van der Waals surface area contributed by atoms with E-state index >= 15 is 0 Å². The molecule has 23 heavy (non-hydrogen) atoms. The predicted molar refractivity (Wildman–Crippen MR) is 94.3 cm³/mol. The normalized spacial score (nSPS) is 10.2. The van der Waals surface area contributed by atoms with E-state index in [0.717, 1.165) is 24.3 Å². The van der Waals surface area contributed by atoms with Crippen LogP contribution >= 0.6 is 11.6 Å². The first-order valence-electron chi connectivity index (χ1n) is 7.61. The Hall–Kier alpha value is -2.20. The van der Waals surface area contributed by atoms with Gasteiger partial charge in [-0.3, -0.25) is 0 Å². The van der Waals surface area contributed by atoms with Gasteiger partial charge in [-0.1, -0.05) is 29.8 Å². The van der Waals surface area contributed by atoms with Crippen LogP contribution in [0.1, 0.15) is 12.8 Å². The minimum absolute atomic E-state index is 0.102. The first-order chi connectivity index (χ1) is 11.1. The lowest BCUT2D eigenvalue weighted by Gasteiger charge is -2.18. The molecule has 0 aliphatic rings. The third kappa shape index (κ3) is 6.20. The molecule has 4 nitrogen and oxygen atoms in total. The lowest BCUT2D eigenvalue weighted by Crippen LogP contribution is -2.32. The van der Waals surface area contributed by atoms with Crippen molar-refractivity contribution in [2.75, 3.05) is 25.5 Å². The number of anilines is 1. The van der Waals surface area contributed by atoms with E-state index in [1.165, 1.54) is 0 Å². The van der Waals surface area contributed by atoms with Crippen LogP contribution in [0.3, 0.4) is 0 Å². The SMILES string of the molecule is CN(CCCCOc1ccc(Cl)cc1)C(=O)Nc1ccccc1. The number of carbonyl (C=O) groups is 1. The molecule has 5 heteroatoms. The van der Waals surface area contributed by atoms with Crippen LogP contribution in [0.4, 0.5) is 10.5 Å². The average Bonchev–Trinajstić information content (AvgIpc) is 2.57. The monoisotopic (exact) mass is 332 g/mol. The van der Waals surface area contributed by atoms with Crippen LogP contribution in [0.2, 0.25) is 5.02 Å². The molecule has 0 spiro atoms. The number of hydrogen-bond acceptors (Lipinski definition) is 2. The molecular formula is C18H21ClN2O2. The molecule has 2 aromatic carbocycles. The molecule has 0 aliphatic heterocycles. The van der Waals surface area contributed by atoms with Crippen LogP contribution in [-0.4, -0.2) is 31.1 Å². The van der Waals surface area contributed by atoms with Gasteiger partial charge in [0.25, 0.3) is 0 Å². The number of rotatable bonds is 7. The summed E-state index contributed by atoms with van der Waals surface area (Å²) in [4.78, 5) is 13.7. The van der Waals surface area contributed by atoms with Gasteiger partial charge in [0.2, 0.25) is 0 Å². The van der Waals surface area contributed by atoms with E-state index in [2.05, 4.69) is 5.32 Å². The smallest absolute Gasteiger partial charge is 0.321 e. The van der Waals surface area contributed by atoms with Crippen molar-refractivity contribution < 1.29 is 9.53 Å². The fraction of sp³-hybridized carbons (Fsp3) is 0.278. The molecule has 0 unspecified atom stereocenters. The second-order valence-electron chi connectivity index (χ2n) is 5.23. The fourth-order valence-electron chi connectivity index (χ4n) is 2.01. The number of hydrogen-bond donors (Lipinski definition) is 1. The third-order valence-corrected chi connectivity index (χ3v) is 3.59. The zero-order chi connectivity index (χ0) is 16.5. The molecule has 2 rings (SSSR count). The highest BCUT2D eigenvalue weighted by atomic mass is 35.5. The summed E-state index contributed by atoms with van der Waals surface area (Å²) in [6.45, 7) is 1.30. The minimum atomic E-state index is -0.102. The number of amides is 2. The average molecular weight is 333 g/mol. The van der Waals surface area contributed by atoms with Gasteiger partial charge in [-0.15, -0.1) is 0 Å². The van der Waals surface area contributed by atoms with Crippen LogP contribution in [-0.2, 0) is 0 Å². The van der Waals surface area contributed by atoms with Crippen LogP contribution < -0.4 is 10.1 Å². The summed E-state index contributed by atoms with van der Waals surface area (Å²) in [6, 6.07) is 16.6. The number of para-hydroxylation sites is 1. The maximum Gasteiger partial charge on any atom is 0.321 e. The van der Waals surface area contributed by atoms with E-state index in [1.807, 2.05) is 42.5 Å². The fourth-order valence-corrected chi connectivity index (χ4v) is 2.14. The molecule has 0 heterocycles. The summed E-state index contributed by atoms with van der Waals surface area (Å²) in [7, 11) is 1.79. The summed E-state index contributed by atoms with van der Waals surface area (Å²) < 4.78 is 5.62. The van der Waals surface area contributed by atoms with Gasteiger partial charge in [-0.2, -0.15) is 0 Å². The number of nitrogens with one attached hydrogen (secondary N) is 1. The van der Waals surface area contributed by atoms with Crippen molar-refractivity contribution in [1.29, 1.82) is 0 Å². The van der Waals surface area contributed by atoms with E-state index in [0.29, 0.717) is 18.2 Å². The molecular weight excluding hydrogens is 312 g/mol. The first-order valence-corrected chi connectivity index (χ1v) is 7.98. The quantitative estimate of drug-likeness (QED) is 0.749. The standard InChI is InChI=1S/C18H21ClN2O2/c1-21(18(22)20-16-7-3-2-4-8-16)13-5-6-14-23-17-11-9-15(19)10-12-17/h2-4,7-12H,5-6,13-14H2,1H3,(H,20,22). The van der Waals surface area contributed by atoms with Crippen molar-refractivity contribution in [3.8, 4) is 5.75 Å². The summed E-state index contributed by atoms with van der Waals surface area (Å²) >= 11 is 5.82. The summed E-state index contributed by atoms with van der Waals surface area (Å²) in [5.41, 5.74) is 0.801. The second-order valence-corrected chi connectivity index (χ2v) is 5.66. The van der Waals surface area contributed by atoms with Gasteiger partial charge in [0, 0.05) is 24.3 Å². The van der Waals surface area contributed by atoms with Gasteiger partial charge in [-0.25, -0.2) is 4.79 Å². The molecule has 0 radical (unpaired) electrons. The number of carbonyl (C=O) groups excluding carboxylic acids is 1. The second kappa shape index (κ2) is 9.06. The largest absolute Gasteiger partial charge is 0.494 e.